The summed E-state index contributed by atoms with van der Waals surface area (Å²) in [5.74, 6) is 0.666. The van der Waals surface area contributed by atoms with E-state index in [-0.39, 0.29) is 6.01 Å². The van der Waals surface area contributed by atoms with Gasteiger partial charge in [0.1, 0.15) is 5.75 Å². The fourth-order valence-electron chi connectivity index (χ4n) is 2.17. The van der Waals surface area contributed by atoms with Crippen LogP contribution in [0.4, 0.5) is 6.01 Å². The number of carbonyl (C=O) groups excluding carboxylic acids is 1. The van der Waals surface area contributed by atoms with Gasteiger partial charge in [0.2, 0.25) is 5.89 Å². The van der Waals surface area contributed by atoms with Crippen molar-refractivity contribution in [2.75, 3.05) is 11.9 Å². The molecule has 0 radical (unpaired) electrons. The molecule has 0 aliphatic rings. The molecule has 0 saturated heterocycles. The van der Waals surface area contributed by atoms with Gasteiger partial charge in [-0.1, -0.05) is 34.9 Å². The molecule has 3 rings (SSSR count). The smallest absolute Gasteiger partial charge is 0.322 e. The third-order valence-corrected chi connectivity index (χ3v) is 3.73. The number of nitrogens with one attached hydrogen (secondary N) is 1. The number of halogens is 1. The fourth-order valence-corrected chi connectivity index (χ4v) is 2.37. The van der Waals surface area contributed by atoms with Crippen LogP contribution in [0.1, 0.15) is 12.5 Å². The van der Waals surface area contributed by atoms with Gasteiger partial charge in [-0.15, -0.1) is 5.10 Å². The van der Waals surface area contributed by atoms with E-state index in [1.807, 2.05) is 37.3 Å². The van der Waals surface area contributed by atoms with Gasteiger partial charge in [0.25, 0.3) is 5.91 Å². The van der Waals surface area contributed by atoms with Crippen LogP contribution in [0.5, 0.6) is 5.75 Å². The molecule has 0 saturated carbocycles. The van der Waals surface area contributed by atoms with Crippen LogP contribution in [0.2, 0.25) is 5.02 Å². The van der Waals surface area contributed by atoms with Gasteiger partial charge in [-0.2, -0.15) is 0 Å². The number of hydrogen-bond donors (Lipinski definition) is 1. The average molecular weight is 370 g/mol. The number of aromatic nitrogens is 2. The average Bonchev–Trinajstić information content (AvgIpc) is 3.10. The summed E-state index contributed by atoms with van der Waals surface area (Å²) in [6.45, 7) is 2.51. The van der Waals surface area contributed by atoms with E-state index in [1.54, 1.807) is 24.3 Å². The molecule has 1 amide bonds. The molecule has 1 heterocycles. The van der Waals surface area contributed by atoms with Gasteiger partial charge in [0, 0.05) is 16.7 Å². The molecule has 2 aromatic carbocycles. The number of carbonyl (C=O) groups is 1. The van der Waals surface area contributed by atoms with Crippen LogP contribution in [0.15, 0.2) is 59.0 Å². The highest BCUT2D eigenvalue weighted by atomic mass is 35.5. The van der Waals surface area contributed by atoms with Gasteiger partial charge in [-0.3, -0.25) is 10.1 Å². The number of nitrogens with zero attached hydrogens (tertiary/aromatic N) is 2. The Morgan fingerprint density at radius 2 is 1.96 bits per heavy atom. The van der Waals surface area contributed by atoms with Crippen LogP contribution >= 0.6 is 11.6 Å². The van der Waals surface area contributed by atoms with Crippen molar-refractivity contribution in [3.63, 3.8) is 0 Å². The molecule has 0 unspecified atom stereocenters. The number of anilines is 1. The Labute approximate surface area is 155 Å². The topological polar surface area (TPSA) is 77.3 Å². The molecular weight excluding hydrogens is 354 g/mol. The lowest BCUT2D eigenvalue weighted by Crippen LogP contribution is -2.07. The maximum atomic E-state index is 12.0. The minimum Gasteiger partial charge on any atom is -0.494 e. The van der Waals surface area contributed by atoms with Crippen molar-refractivity contribution in [3.8, 4) is 17.2 Å². The number of amides is 1. The molecule has 0 bridgehead atoms. The van der Waals surface area contributed by atoms with Crippen LogP contribution < -0.4 is 10.1 Å². The highest BCUT2D eigenvalue weighted by Crippen LogP contribution is 2.23. The normalized spacial score (nSPS) is 10.8. The summed E-state index contributed by atoms with van der Waals surface area (Å²) in [5, 5.41) is 10.8. The molecule has 1 N–H and O–H groups in total. The van der Waals surface area contributed by atoms with Crippen molar-refractivity contribution in [1.82, 2.24) is 10.2 Å². The molecule has 7 heteroatoms. The highest BCUT2D eigenvalue weighted by molar-refractivity contribution is 6.32. The second-order valence-corrected chi connectivity index (χ2v) is 5.62. The summed E-state index contributed by atoms with van der Waals surface area (Å²) in [4.78, 5) is 12.0. The lowest BCUT2D eigenvalue weighted by Gasteiger charge is -2.02. The van der Waals surface area contributed by atoms with E-state index in [0.717, 1.165) is 16.9 Å². The summed E-state index contributed by atoms with van der Waals surface area (Å²) in [7, 11) is 0. The number of ether oxygens (including phenoxy) is 1. The van der Waals surface area contributed by atoms with E-state index in [2.05, 4.69) is 15.5 Å². The predicted molar refractivity (Wildman–Crippen MR) is 100 cm³/mol. The molecule has 26 heavy (non-hydrogen) atoms. The first-order chi connectivity index (χ1) is 12.7. The van der Waals surface area contributed by atoms with E-state index in [0.29, 0.717) is 17.5 Å². The Balaban J connectivity index is 1.64. The van der Waals surface area contributed by atoms with Crippen LogP contribution in [-0.2, 0) is 4.79 Å². The minimum absolute atomic E-state index is 0.0164. The molecule has 6 nitrogen and oxygen atoms in total. The second-order valence-electron chi connectivity index (χ2n) is 5.21. The van der Waals surface area contributed by atoms with Crippen LogP contribution in [0, 0.1) is 0 Å². The molecule has 0 atom stereocenters. The molecule has 132 valence electrons. The van der Waals surface area contributed by atoms with Gasteiger partial charge in [0.15, 0.2) is 0 Å². The third-order valence-electron chi connectivity index (χ3n) is 3.39. The molecule has 0 fully saturated rings. The first kappa shape index (κ1) is 17.7. The van der Waals surface area contributed by atoms with Crippen LogP contribution in [0.3, 0.4) is 0 Å². The largest absolute Gasteiger partial charge is 0.494 e. The Morgan fingerprint density at radius 1 is 1.19 bits per heavy atom. The van der Waals surface area contributed by atoms with Gasteiger partial charge in [0.05, 0.1) is 6.61 Å². The number of rotatable bonds is 6. The molecule has 1 aromatic heterocycles. The van der Waals surface area contributed by atoms with E-state index >= 15 is 0 Å². The van der Waals surface area contributed by atoms with Gasteiger partial charge in [-0.25, -0.2) is 0 Å². The van der Waals surface area contributed by atoms with E-state index in [4.69, 9.17) is 20.8 Å². The first-order valence-electron chi connectivity index (χ1n) is 7.96. The van der Waals surface area contributed by atoms with E-state index in [9.17, 15) is 4.79 Å². The lowest BCUT2D eigenvalue weighted by atomic mass is 10.2. The van der Waals surface area contributed by atoms with Gasteiger partial charge < -0.3 is 9.15 Å². The zero-order chi connectivity index (χ0) is 18.4. The first-order valence-corrected chi connectivity index (χ1v) is 8.34. The van der Waals surface area contributed by atoms with Crippen molar-refractivity contribution in [3.05, 3.63) is 65.2 Å². The van der Waals surface area contributed by atoms with E-state index in [1.165, 1.54) is 6.08 Å². The number of hydrogen-bond acceptors (Lipinski definition) is 5. The fraction of sp³-hybridized carbons (Fsp3) is 0.105. The predicted octanol–water partition coefficient (Wildman–Crippen LogP) is 4.44. The van der Waals surface area contributed by atoms with Crippen LogP contribution in [-0.4, -0.2) is 22.7 Å². The van der Waals surface area contributed by atoms with Crippen molar-refractivity contribution in [1.29, 1.82) is 0 Å². The number of benzene rings is 2. The summed E-state index contributed by atoms with van der Waals surface area (Å²) in [5.41, 5.74) is 1.47. The highest BCUT2D eigenvalue weighted by Gasteiger charge is 2.10. The van der Waals surface area contributed by atoms with Crippen molar-refractivity contribution in [2.24, 2.45) is 0 Å². The van der Waals surface area contributed by atoms with Crippen molar-refractivity contribution >= 4 is 29.6 Å². The summed E-state index contributed by atoms with van der Waals surface area (Å²) in [6.07, 6.45) is 2.96. The quantitative estimate of drug-likeness (QED) is 0.650. The zero-order valence-electron chi connectivity index (χ0n) is 14.0. The zero-order valence-corrected chi connectivity index (χ0v) is 14.7. The van der Waals surface area contributed by atoms with E-state index < -0.39 is 5.91 Å². The maximum Gasteiger partial charge on any atom is 0.322 e. The Bertz CT molecular complexity index is 920. The van der Waals surface area contributed by atoms with Gasteiger partial charge >= 0.3 is 6.01 Å². The molecular formula is C19H16ClN3O3. The van der Waals surface area contributed by atoms with Gasteiger partial charge in [-0.05, 0) is 48.9 Å². The molecule has 3 aromatic rings. The molecule has 0 aliphatic heterocycles. The summed E-state index contributed by atoms with van der Waals surface area (Å²) < 4.78 is 10.8. The van der Waals surface area contributed by atoms with Crippen LogP contribution in [0.25, 0.3) is 17.5 Å². The second kappa shape index (κ2) is 8.31. The molecule has 0 spiro atoms. The SMILES string of the molecule is CCOc1ccc(-c2nnc(NC(=O)C=Cc3ccccc3Cl)o2)cc1. The van der Waals surface area contributed by atoms with Crippen molar-refractivity contribution < 1.29 is 13.9 Å². The monoisotopic (exact) mass is 369 g/mol. The Morgan fingerprint density at radius 3 is 2.69 bits per heavy atom. The third kappa shape index (κ3) is 4.49. The van der Waals surface area contributed by atoms with Crippen molar-refractivity contribution in [2.45, 2.75) is 6.92 Å². The summed E-state index contributed by atoms with van der Waals surface area (Å²) >= 11 is 6.04. The summed E-state index contributed by atoms with van der Waals surface area (Å²) in [6, 6.07) is 14.5. The maximum absolute atomic E-state index is 12.0. The molecule has 0 aliphatic carbocycles. The lowest BCUT2D eigenvalue weighted by molar-refractivity contribution is -0.112. The minimum atomic E-state index is -0.396. The Hall–Kier alpha value is -3.12. The Kier molecular flexibility index (Phi) is 5.66. The standard InChI is InChI=1S/C19H16ClN3O3/c1-2-25-15-10-7-14(8-11-15)18-22-23-19(26-18)21-17(24)12-9-13-5-3-4-6-16(13)20/h3-12H,2H2,1H3,(H,21,23,24).